The molecule has 2 aromatic carbocycles. The molecule has 1 atom stereocenters. The van der Waals surface area contributed by atoms with E-state index in [0.29, 0.717) is 11.1 Å². The third-order valence-electron chi connectivity index (χ3n) is 4.51. The van der Waals surface area contributed by atoms with Crippen LogP contribution in [0.3, 0.4) is 0 Å². The van der Waals surface area contributed by atoms with Crippen LogP contribution in [0, 0.1) is 32.1 Å². The van der Waals surface area contributed by atoms with Gasteiger partial charge in [0.15, 0.2) is 0 Å². The number of hydrogen-bond donors (Lipinski definition) is 1. The fourth-order valence-electron chi connectivity index (χ4n) is 3.17. The summed E-state index contributed by atoms with van der Waals surface area (Å²) >= 11 is 0. The van der Waals surface area contributed by atoms with Crippen molar-refractivity contribution in [2.45, 2.75) is 51.0 Å². The smallest absolute Gasteiger partial charge is 0.207 e. The van der Waals surface area contributed by atoms with Gasteiger partial charge in [0.05, 0.1) is 11.0 Å². The predicted molar refractivity (Wildman–Crippen MR) is 99.8 cm³/mol. The van der Waals surface area contributed by atoms with Gasteiger partial charge in [0.2, 0.25) is 10.0 Å². The molecule has 2 aromatic rings. The molecule has 1 N–H and O–H groups in total. The van der Waals surface area contributed by atoms with Crippen LogP contribution in [-0.2, 0) is 15.4 Å². The molecule has 2 rings (SSSR count). The molecule has 25 heavy (non-hydrogen) atoms. The van der Waals surface area contributed by atoms with Crippen molar-refractivity contribution in [3.63, 3.8) is 0 Å². The second-order valence-electron chi connectivity index (χ2n) is 7.00. The summed E-state index contributed by atoms with van der Waals surface area (Å²) in [5, 5.41) is 9.64. The molecule has 1 unspecified atom stereocenters. The highest BCUT2D eigenvalue weighted by Gasteiger charge is 2.35. The minimum Gasteiger partial charge on any atom is -0.207 e. The van der Waals surface area contributed by atoms with Gasteiger partial charge in [-0.15, -0.1) is 0 Å². The van der Waals surface area contributed by atoms with Crippen molar-refractivity contribution >= 4 is 10.0 Å². The van der Waals surface area contributed by atoms with Crippen molar-refractivity contribution in [2.24, 2.45) is 0 Å². The summed E-state index contributed by atoms with van der Waals surface area (Å²) in [4.78, 5) is 0.252. The van der Waals surface area contributed by atoms with E-state index in [9.17, 15) is 13.7 Å². The first-order valence-electron chi connectivity index (χ1n) is 8.15. The fourth-order valence-corrected chi connectivity index (χ4v) is 4.92. The highest BCUT2D eigenvalue weighted by molar-refractivity contribution is 7.89. The topological polar surface area (TPSA) is 70.0 Å². The van der Waals surface area contributed by atoms with E-state index < -0.39 is 21.5 Å². The van der Waals surface area contributed by atoms with Crippen molar-refractivity contribution in [1.82, 2.24) is 4.72 Å². The molecule has 0 aliphatic rings. The molecule has 0 amide bonds. The van der Waals surface area contributed by atoms with E-state index in [4.69, 9.17) is 0 Å². The first-order chi connectivity index (χ1) is 11.6. The summed E-state index contributed by atoms with van der Waals surface area (Å²) in [5.74, 6) is 0. The van der Waals surface area contributed by atoms with Crippen LogP contribution in [0.1, 0.15) is 36.1 Å². The summed E-state index contributed by atoms with van der Waals surface area (Å²) in [5.41, 5.74) is 2.60. The van der Waals surface area contributed by atoms with Gasteiger partial charge in [0.25, 0.3) is 0 Å². The molecule has 0 heterocycles. The van der Waals surface area contributed by atoms with E-state index in [1.807, 2.05) is 63.2 Å². The van der Waals surface area contributed by atoms with Crippen molar-refractivity contribution in [2.75, 3.05) is 0 Å². The highest BCUT2D eigenvalue weighted by atomic mass is 32.2. The van der Waals surface area contributed by atoms with Gasteiger partial charge >= 0.3 is 0 Å². The van der Waals surface area contributed by atoms with Crippen LogP contribution in [0.2, 0.25) is 0 Å². The van der Waals surface area contributed by atoms with Crippen LogP contribution >= 0.6 is 0 Å². The molecule has 0 spiro atoms. The molecule has 0 saturated carbocycles. The third-order valence-corrected chi connectivity index (χ3v) is 6.24. The first kappa shape index (κ1) is 19.2. The Kier molecular flexibility index (Phi) is 5.36. The van der Waals surface area contributed by atoms with Gasteiger partial charge in [0.1, 0.15) is 6.04 Å². The maximum absolute atomic E-state index is 13.0. The van der Waals surface area contributed by atoms with Crippen LogP contribution in [-0.4, -0.2) is 14.5 Å². The predicted octanol–water partition coefficient (Wildman–Crippen LogP) is 3.76. The highest BCUT2D eigenvalue weighted by Crippen LogP contribution is 2.29. The van der Waals surface area contributed by atoms with Gasteiger partial charge in [-0.25, -0.2) is 8.42 Å². The molecule has 0 aliphatic carbocycles. The average molecular weight is 356 g/mol. The van der Waals surface area contributed by atoms with Crippen LogP contribution in [0.4, 0.5) is 0 Å². The normalized spacial score (nSPS) is 13.3. The largest absolute Gasteiger partial charge is 0.242 e. The monoisotopic (exact) mass is 356 g/mol. The summed E-state index contributed by atoms with van der Waals surface area (Å²) in [6, 6.07) is 14.4. The van der Waals surface area contributed by atoms with Gasteiger partial charge in [-0.3, -0.25) is 0 Å². The molecule has 132 valence electrons. The van der Waals surface area contributed by atoms with Gasteiger partial charge in [0, 0.05) is 5.41 Å². The standard InChI is InChI=1S/C20H24N2O2S/c1-14-11-15(2)19(16(3)12-14)25(23,24)22-18(13-21)20(4,5)17-9-7-6-8-10-17/h6-12,18,22H,1-5H3. The van der Waals surface area contributed by atoms with E-state index in [1.165, 1.54) is 0 Å². The van der Waals surface area contributed by atoms with Gasteiger partial charge in [-0.05, 0) is 37.5 Å². The maximum atomic E-state index is 13.0. The summed E-state index contributed by atoms with van der Waals surface area (Å²) in [7, 11) is -3.81. The number of aryl methyl sites for hydroxylation is 3. The molecular weight excluding hydrogens is 332 g/mol. The molecule has 0 radical (unpaired) electrons. The second-order valence-corrected chi connectivity index (χ2v) is 8.65. The Morgan fingerprint density at radius 1 is 1.04 bits per heavy atom. The van der Waals surface area contributed by atoms with E-state index in [1.54, 1.807) is 13.8 Å². The lowest BCUT2D eigenvalue weighted by molar-refractivity contribution is 0.440. The zero-order valence-corrected chi connectivity index (χ0v) is 16.1. The number of rotatable bonds is 5. The average Bonchev–Trinajstić information content (AvgIpc) is 2.52. The van der Waals surface area contributed by atoms with E-state index in [2.05, 4.69) is 10.8 Å². The SMILES string of the molecule is Cc1cc(C)c(S(=O)(=O)NC(C#N)C(C)(C)c2ccccc2)c(C)c1. The Labute approximate surface area is 150 Å². The Morgan fingerprint density at radius 3 is 2.04 bits per heavy atom. The van der Waals surface area contributed by atoms with Gasteiger partial charge < -0.3 is 0 Å². The minimum atomic E-state index is -3.81. The van der Waals surface area contributed by atoms with Gasteiger partial charge in [-0.1, -0.05) is 61.9 Å². The van der Waals surface area contributed by atoms with Crippen molar-refractivity contribution in [1.29, 1.82) is 5.26 Å². The molecule has 0 aliphatic heterocycles. The molecule has 0 bridgehead atoms. The van der Waals surface area contributed by atoms with Crippen LogP contribution in [0.25, 0.3) is 0 Å². The Bertz CT molecular complexity index is 887. The first-order valence-corrected chi connectivity index (χ1v) is 9.63. The number of hydrogen-bond acceptors (Lipinski definition) is 3. The number of nitriles is 1. The Morgan fingerprint density at radius 2 is 1.56 bits per heavy atom. The number of sulfonamides is 1. The second kappa shape index (κ2) is 6.99. The summed E-state index contributed by atoms with van der Waals surface area (Å²) in [6.45, 7) is 9.22. The molecular formula is C20H24N2O2S. The molecule has 0 fully saturated rings. The maximum Gasteiger partial charge on any atom is 0.242 e. The number of benzene rings is 2. The molecule has 4 nitrogen and oxygen atoms in total. The quantitative estimate of drug-likeness (QED) is 0.887. The summed E-state index contributed by atoms with van der Waals surface area (Å²) in [6.07, 6.45) is 0. The molecule has 5 heteroatoms. The zero-order valence-electron chi connectivity index (χ0n) is 15.3. The lowest BCUT2D eigenvalue weighted by Crippen LogP contribution is -2.46. The fraction of sp³-hybridized carbons (Fsp3) is 0.350. The lowest BCUT2D eigenvalue weighted by Gasteiger charge is -2.31. The molecule has 0 saturated heterocycles. The zero-order chi connectivity index (χ0) is 18.8. The Hall–Kier alpha value is -2.16. The Balaban J connectivity index is 2.44. The van der Waals surface area contributed by atoms with Crippen molar-refractivity contribution < 1.29 is 8.42 Å². The number of nitrogens with one attached hydrogen (secondary N) is 1. The van der Waals surface area contributed by atoms with Crippen molar-refractivity contribution in [3.05, 3.63) is 64.7 Å². The van der Waals surface area contributed by atoms with Gasteiger partial charge in [-0.2, -0.15) is 9.98 Å². The van der Waals surface area contributed by atoms with E-state index in [-0.39, 0.29) is 4.90 Å². The molecule has 0 aromatic heterocycles. The lowest BCUT2D eigenvalue weighted by atomic mass is 9.79. The summed E-state index contributed by atoms with van der Waals surface area (Å²) < 4.78 is 28.6. The van der Waals surface area contributed by atoms with Crippen LogP contribution in [0.15, 0.2) is 47.4 Å². The van der Waals surface area contributed by atoms with Crippen molar-refractivity contribution in [3.8, 4) is 6.07 Å². The number of nitrogens with zero attached hydrogens (tertiary/aromatic N) is 1. The van der Waals surface area contributed by atoms with Crippen LogP contribution in [0.5, 0.6) is 0 Å². The van der Waals surface area contributed by atoms with E-state index in [0.717, 1.165) is 11.1 Å². The third kappa shape index (κ3) is 3.92. The minimum absolute atomic E-state index is 0.252. The van der Waals surface area contributed by atoms with Crippen LogP contribution < -0.4 is 4.72 Å². The van der Waals surface area contributed by atoms with E-state index >= 15 is 0 Å².